The van der Waals surface area contributed by atoms with Crippen LogP contribution >= 0.6 is 23.1 Å². The molecule has 0 spiro atoms. The highest BCUT2D eigenvalue weighted by atomic mass is 32.2. The van der Waals surface area contributed by atoms with Crippen LogP contribution in [-0.2, 0) is 4.79 Å². The number of hydrogen-bond acceptors (Lipinski definition) is 5. The van der Waals surface area contributed by atoms with Gasteiger partial charge in [-0.3, -0.25) is 4.79 Å². The maximum absolute atomic E-state index is 13.2. The number of amides is 1. The van der Waals surface area contributed by atoms with Gasteiger partial charge in [0.2, 0.25) is 0 Å². The molecule has 0 fully saturated rings. The first-order valence-corrected chi connectivity index (χ1v) is 8.99. The fourth-order valence-corrected chi connectivity index (χ4v) is 3.86. The number of para-hydroxylation sites is 1. The standard InChI is InChI=1S/C17H14FN3OS2/c1-11(12-5-4-6-13(18)9-12)20-21-16(22)10-23-17-19-14-7-2-3-8-15(14)24-17/h2-9H,10H2,1H3,(H,21,22)/b20-11+. The van der Waals surface area contributed by atoms with E-state index in [0.717, 1.165) is 14.6 Å². The van der Waals surface area contributed by atoms with Crippen molar-refractivity contribution in [2.45, 2.75) is 11.3 Å². The molecule has 0 aliphatic rings. The number of thiazole rings is 1. The van der Waals surface area contributed by atoms with Gasteiger partial charge in [0, 0.05) is 5.56 Å². The average molecular weight is 359 g/mol. The highest BCUT2D eigenvalue weighted by Crippen LogP contribution is 2.28. The summed E-state index contributed by atoms with van der Waals surface area (Å²) in [5.41, 5.74) is 4.60. The molecule has 2 aromatic carbocycles. The zero-order valence-electron chi connectivity index (χ0n) is 12.8. The molecular formula is C17H14FN3OS2. The molecule has 4 nitrogen and oxygen atoms in total. The van der Waals surface area contributed by atoms with Crippen molar-refractivity contribution < 1.29 is 9.18 Å². The third-order valence-electron chi connectivity index (χ3n) is 3.19. The Balaban J connectivity index is 1.56. The Kier molecular flexibility index (Phi) is 5.22. The first-order chi connectivity index (χ1) is 11.6. The van der Waals surface area contributed by atoms with Gasteiger partial charge in [0.25, 0.3) is 5.91 Å². The van der Waals surface area contributed by atoms with Crippen molar-refractivity contribution in [3.8, 4) is 0 Å². The van der Waals surface area contributed by atoms with Crippen LogP contribution in [-0.4, -0.2) is 22.4 Å². The minimum atomic E-state index is -0.334. The SMILES string of the molecule is C/C(=N\NC(=O)CSc1nc2ccccc2s1)c1cccc(F)c1. The molecule has 122 valence electrons. The number of carbonyl (C=O) groups is 1. The molecule has 1 N–H and O–H groups in total. The summed E-state index contributed by atoms with van der Waals surface area (Å²) >= 11 is 2.93. The molecule has 24 heavy (non-hydrogen) atoms. The molecule has 0 aliphatic heterocycles. The normalized spacial score (nSPS) is 11.7. The van der Waals surface area contributed by atoms with Gasteiger partial charge in [-0.2, -0.15) is 5.10 Å². The number of fused-ring (bicyclic) bond motifs is 1. The fourth-order valence-electron chi connectivity index (χ4n) is 2.00. The van der Waals surface area contributed by atoms with E-state index in [1.54, 1.807) is 30.4 Å². The number of thioether (sulfide) groups is 1. The molecule has 1 heterocycles. The molecular weight excluding hydrogens is 345 g/mol. The van der Waals surface area contributed by atoms with E-state index in [0.29, 0.717) is 11.3 Å². The fraction of sp³-hybridized carbons (Fsp3) is 0.118. The Morgan fingerprint density at radius 1 is 1.29 bits per heavy atom. The number of rotatable bonds is 5. The number of hydrazone groups is 1. The third kappa shape index (κ3) is 4.18. The van der Waals surface area contributed by atoms with Crippen molar-refractivity contribution in [3.63, 3.8) is 0 Å². The second-order valence-electron chi connectivity index (χ2n) is 4.98. The molecule has 0 radical (unpaired) electrons. The summed E-state index contributed by atoms with van der Waals surface area (Å²) in [7, 11) is 0. The van der Waals surface area contributed by atoms with Crippen LogP contribution in [0, 0.1) is 5.82 Å². The van der Waals surface area contributed by atoms with E-state index >= 15 is 0 Å². The minimum Gasteiger partial charge on any atom is -0.272 e. The van der Waals surface area contributed by atoms with E-state index < -0.39 is 0 Å². The zero-order chi connectivity index (χ0) is 16.9. The molecule has 0 saturated carbocycles. The molecule has 1 amide bonds. The number of aromatic nitrogens is 1. The van der Waals surface area contributed by atoms with E-state index in [1.807, 2.05) is 24.3 Å². The predicted octanol–water partition coefficient (Wildman–Crippen LogP) is 4.07. The van der Waals surface area contributed by atoms with Gasteiger partial charge in [-0.25, -0.2) is 14.8 Å². The number of nitrogens with zero attached hydrogens (tertiary/aromatic N) is 2. The summed E-state index contributed by atoms with van der Waals surface area (Å²) in [5.74, 6) is -0.338. The lowest BCUT2D eigenvalue weighted by Crippen LogP contribution is -2.21. The molecule has 0 aliphatic carbocycles. The molecule has 3 aromatic rings. The van der Waals surface area contributed by atoms with E-state index in [2.05, 4.69) is 15.5 Å². The average Bonchev–Trinajstić information content (AvgIpc) is 3.00. The van der Waals surface area contributed by atoms with E-state index in [-0.39, 0.29) is 17.5 Å². The quantitative estimate of drug-likeness (QED) is 0.424. The van der Waals surface area contributed by atoms with Crippen LogP contribution in [0.1, 0.15) is 12.5 Å². The number of benzene rings is 2. The van der Waals surface area contributed by atoms with Gasteiger partial charge in [-0.15, -0.1) is 11.3 Å². The summed E-state index contributed by atoms with van der Waals surface area (Å²) in [6.45, 7) is 1.72. The molecule has 0 atom stereocenters. The maximum atomic E-state index is 13.2. The van der Waals surface area contributed by atoms with Gasteiger partial charge in [-0.1, -0.05) is 36.0 Å². The highest BCUT2D eigenvalue weighted by molar-refractivity contribution is 8.01. The summed E-state index contributed by atoms with van der Waals surface area (Å²) in [4.78, 5) is 16.4. The lowest BCUT2D eigenvalue weighted by atomic mass is 10.1. The summed E-state index contributed by atoms with van der Waals surface area (Å²) in [5, 5.41) is 4.01. The second kappa shape index (κ2) is 7.55. The molecule has 7 heteroatoms. The van der Waals surface area contributed by atoms with Crippen LogP contribution in [0.2, 0.25) is 0 Å². The van der Waals surface area contributed by atoms with Crippen LogP contribution in [0.15, 0.2) is 58.0 Å². The molecule has 3 rings (SSSR count). The second-order valence-corrected chi connectivity index (χ2v) is 7.23. The highest BCUT2D eigenvalue weighted by Gasteiger charge is 2.07. The monoisotopic (exact) mass is 359 g/mol. The number of carbonyl (C=O) groups excluding carboxylic acids is 1. The topological polar surface area (TPSA) is 54.4 Å². The van der Waals surface area contributed by atoms with Crippen molar-refractivity contribution in [3.05, 3.63) is 59.9 Å². The van der Waals surface area contributed by atoms with Crippen LogP contribution in [0.5, 0.6) is 0 Å². The van der Waals surface area contributed by atoms with Gasteiger partial charge in [-0.05, 0) is 31.2 Å². The molecule has 0 unspecified atom stereocenters. The minimum absolute atomic E-state index is 0.222. The number of nitrogens with one attached hydrogen (secondary N) is 1. The molecule has 0 saturated heterocycles. The van der Waals surface area contributed by atoms with Crippen molar-refractivity contribution in [1.82, 2.24) is 10.4 Å². The lowest BCUT2D eigenvalue weighted by molar-refractivity contribution is -0.118. The van der Waals surface area contributed by atoms with Gasteiger partial charge in [0.05, 0.1) is 21.7 Å². The van der Waals surface area contributed by atoms with Crippen LogP contribution in [0.25, 0.3) is 10.2 Å². The van der Waals surface area contributed by atoms with E-state index in [1.165, 1.54) is 23.9 Å². The van der Waals surface area contributed by atoms with Crippen molar-refractivity contribution >= 4 is 44.9 Å². The Hall–Kier alpha value is -2.25. The van der Waals surface area contributed by atoms with Gasteiger partial charge in [0.1, 0.15) is 5.82 Å². The first kappa shape index (κ1) is 16.6. The van der Waals surface area contributed by atoms with Gasteiger partial charge >= 0.3 is 0 Å². The van der Waals surface area contributed by atoms with Crippen molar-refractivity contribution in [2.24, 2.45) is 5.10 Å². The van der Waals surface area contributed by atoms with Crippen molar-refractivity contribution in [1.29, 1.82) is 0 Å². The first-order valence-electron chi connectivity index (χ1n) is 7.19. The Morgan fingerprint density at radius 2 is 2.12 bits per heavy atom. The molecule has 1 aromatic heterocycles. The van der Waals surface area contributed by atoms with E-state index in [4.69, 9.17) is 0 Å². The number of hydrogen-bond donors (Lipinski definition) is 1. The Labute approximate surface area is 146 Å². The summed E-state index contributed by atoms with van der Waals surface area (Å²) < 4.78 is 15.1. The number of halogens is 1. The van der Waals surface area contributed by atoms with Crippen molar-refractivity contribution in [2.75, 3.05) is 5.75 Å². The smallest absolute Gasteiger partial charge is 0.250 e. The predicted molar refractivity (Wildman–Crippen MR) is 97.1 cm³/mol. The summed E-state index contributed by atoms with van der Waals surface area (Å²) in [6, 6.07) is 13.9. The van der Waals surface area contributed by atoms with Gasteiger partial charge < -0.3 is 0 Å². The lowest BCUT2D eigenvalue weighted by Gasteiger charge is -2.02. The Morgan fingerprint density at radius 3 is 2.92 bits per heavy atom. The zero-order valence-corrected chi connectivity index (χ0v) is 14.5. The van der Waals surface area contributed by atoms with Gasteiger partial charge in [0.15, 0.2) is 4.34 Å². The van der Waals surface area contributed by atoms with E-state index in [9.17, 15) is 9.18 Å². The maximum Gasteiger partial charge on any atom is 0.250 e. The third-order valence-corrected chi connectivity index (χ3v) is 5.37. The van der Waals surface area contributed by atoms with Crippen LogP contribution in [0.3, 0.4) is 0 Å². The summed E-state index contributed by atoms with van der Waals surface area (Å²) in [6.07, 6.45) is 0. The Bertz CT molecular complexity index is 874. The molecule has 0 bridgehead atoms. The van der Waals surface area contributed by atoms with Crippen LogP contribution < -0.4 is 5.43 Å². The largest absolute Gasteiger partial charge is 0.272 e. The van der Waals surface area contributed by atoms with Crippen LogP contribution in [0.4, 0.5) is 4.39 Å².